The summed E-state index contributed by atoms with van der Waals surface area (Å²) in [4.78, 5) is 24.9. The summed E-state index contributed by atoms with van der Waals surface area (Å²) in [6.45, 7) is 3.16. The van der Waals surface area contributed by atoms with Gasteiger partial charge < -0.3 is 15.3 Å². The standard InChI is InChI=1S/C15H26N2O3/c1-11(14(18)19)5-4-9-16-15(20)17-10-8-12-6-2-3-7-13(12)17/h11-13H,2-10H2,1H3,(H,16,20)(H,18,19). The van der Waals surface area contributed by atoms with E-state index >= 15 is 0 Å². The van der Waals surface area contributed by atoms with Gasteiger partial charge in [0.1, 0.15) is 0 Å². The molecule has 2 amide bonds. The van der Waals surface area contributed by atoms with Gasteiger partial charge in [-0.05, 0) is 38.0 Å². The molecule has 0 bridgehead atoms. The number of aliphatic carboxylic acids is 1. The van der Waals surface area contributed by atoms with Crippen molar-refractivity contribution in [2.75, 3.05) is 13.1 Å². The first-order valence-electron chi connectivity index (χ1n) is 7.87. The molecule has 0 radical (unpaired) electrons. The summed E-state index contributed by atoms with van der Waals surface area (Å²) in [5.41, 5.74) is 0. The molecule has 1 saturated carbocycles. The van der Waals surface area contributed by atoms with E-state index in [2.05, 4.69) is 5.32 Å². The summed E-state index contributed by atoms with van der Waals surface area (Å²) in [5, 5.41) is 11.7. The Hall–Kier alpha value is -1.26. The highest BCUT2D eigenvalue weighted by Gasteiger charge is 2.37. The van der Waals surface area contributed by atoms with Crippen LogP contribution in [0.25, 0.3) is 0 Å². The van der Waals surface area contributed by atoms with Gasteiger partial charge >= 0.3 is 12.0 Å². The molecule has 0 aromatic heterocycles. The molecule has 0 spiro atoms. The highest BCUT2D eigenvalue weighted by molar-refractivity contribution is 5.75. The third-order valence-corrected chi connectivity index (χ3v) is 4.78. The summed E-state index contributed by atoms with van der Waals surface area (Å²) in [5.74, 6) is -0.385. The number of hydrogen-bond acceptors (Lipinski definition) is 2. The predicted octanol–water partition coefficient (Wildman–Crippen LogP) is 2.46. The molecule has 2 rings (SSSR count). The maximum atomic E-state index is 12.2. The topological polar surface area (TPSA) is 69.6 Å². The van der Waals surface area contributed by atoms with Gasteiger partial charge in [-0.3, -0.25) is 4.79 Å². The van der Waals surface area contributed by atoms with Crippen LogP contribution in [0.2, 0.25) is 0 Å². The molecule has 1 saturated heterocycles. The van der Waals surface area contributed by atoms with Gasteiger partial charge in [0, 0.05) is 19.1 Å². The summed E-state index contributed by atoms with van der Waals surface area (Å²) >= 11 is 0. The molecule has 114 valence electrons. The van der Waals surface area contributed by atoms with Crippen molar-refractivity contribution < 1.29 is 14.7 Å². The molecule has 1 aliphatic carbocycles. The van der Waals surface area contributed by atoms with Gasteiger partial charge in [-0.25, -0.2) is 4.79 Å². The second-order valence-electron chi connectivity index (χ2n) is 6.21. The first kappa shape index (κ1) is 15.1. The van der Waals surface area contributed by atoms with Crippen LogP contribution < -0.4 is 5.32 Å². The number of amides is 2. The van der Waals surface area contributed by atoms with Crippen molar-refractivity contribution in [3.8, 4) is 0 Å². The lowest BCUT2D eigenvalue weighted by Crippen LogP contribution is -2.45. The summed E-state index contributed by atoms with van der Waals surface area (Å²) in [6.07, 6.45) is 7.44. The maximum Gasteiger partial charge on any atom is 0.317 e. The Morgan fingerprint density at radius 1 is 1.30 bits per heavy atom. The highest BCUT2D eigenvalue weighted by Crippen LogP contribution is 2.35. The minimum atomic E-state index is -0.763. The molecule has 5 heteroatoms. The Bertz CT molecular complexity index is 359. The van der Waals surface area contributed by atoms with Crippen LogP contribution in [0.4, 0.5) is 4.79 Å². The van der Waals surface area contributed by atoms with Crippen molar-refractivity contribution in [2.24, 2.45) is 11.8 Å². The van der Waals surface area contributed by atoms with E-state index < -0.39 is 5.97 Å². The van der Waals surface area contributed by atoms with Gasteiger partial charge in [-0.15, -0.1) is 0 Å². The lowest BCUT2D eigenvalue weighted by Gasteiger charge is -2.31. The molecule has 1 aliphatic heterocycles. The van der Waals surface area contributed by atoms with Gasteiger partial charge in [-0.1, -0.05) is 19.8 Å². The summed E-state index contributed by atoms with van der Waals surface area (Å²) in [6, 6.07) is 0.490. The first-order chi connectivity index (χ1) is 9.59. The van der Waals surface area contributed by atoms with Crippen LogP contribution >= 0.6 is 0 Å². The van der Waals surface area contributed by atoms with Crippen molar-refractivity contribution in [1.29, 1.82) is 0 Å². The highest BCUT2D eigenvalue weighted by atomic mass is 16.4. The molecule has 2 N–H and O–H groups in total. The van der Waals surface area contributed by atoms with Crippen LogP contribution in [-0.4, -0.2) is 41.1 Å². The number of nitrogens with one attached hydrogen (secondary N) is 1. The molecule has 2 fully saturated rings. The smallest absolute Gasteiger partial charge is 0.317 e. The molecular formula is C15H26N2O3. The molecule has 0 aromatic rings. The Morgan fingerprint density at radius 3 is 2.80 bits per heavy atom. The molecule has 3 atom stereocenters. The zero-order valence-corrected chi connectivity index (χ0v) is 12.3. The number of carboxylic acid groups (broad SMARTS) is 1. The summed E-state index contributed by atoms with van der Waals surface area (Å²) < 4.78 is 0. The van der Waals surface area contributed by atoms with Crippen LogP contribution in [0.5, 0.6) is 0 Å². The number of likely N-dealkylation sites (tertiary alicyclic amines) is 1. The second-order valence-corrected chi connectivity index (χ2v) is 6.21. The minimum absolute atomic E-state index is 0.0439. The Balaban J connectivity index is 1.68. The van der Waals surface area contributed by atoms with E-state index in [9.17, 15) is 9.59 Å². The van der Waals surface area contributed by atoms with Crippen molar-refractivity contribution in [3.05, 3.63) is 0 Å². The van der Waals surface area contributed by atoms with Gasteiger partial charge in [0.05, 0.1) is 5.92 Å². The third-order valence-electron chi connectivity index (χ3n) is 4.78. The largest absolute Gasteiger partial charge is 0.481 e. The van der Waals surface area contributed by atoms with Crippen LogP contribution in [0, 0.1) is 11.8 Å². The lowest BCUT2D eigenvalue weighted by molar-refractivity contribution is -0.141. The quantitative estimate of drug-likeness (QED) is 0.761. The average molecular weight is 282 g/mol. The first-order valence-corrected chi connectivity index (χ1v) is 7.87. The number of carboxylic acids is 1. The van der Waals surface area contributed by atoms with Gasteiger partial charge in [-0.2, -0.15) is 0 Å². The molecule has 0 aromatic carbocycles. The normalized spacial score (nSPS) is 26.9. The van der Waals surface area contributed by atoms with Gasteiger partial charge in [0.15, 0.2) is 0 Å². The fourth-order valence-corrected chi connectivity index (χ4v) is 3.49. The van der Waals surface area contributed by atoms with E-state index in [1.165, 1.54) is 19.3 Å². The zero-order chi connectivity index (χ0) is 14.5. The van der Waals surface area contributed by atoms with Crippen molar-refractivity contribution in [3.63, 3.8) is 0 Å². The fourth-order valence-electron chi connectivity index (χ4n) is 3.49. The van der Waals surface area contributed by atoms with Crippen molar-refractivity contribution >= 4 is 12.0 Å². The zero-order valence-electron chi connectivity index (χ0n) is 12.3. The number of hydrogen-bond donors (Lipinski definition) is 2. The SMILES string of the molecule is CC(CCCNC(=O)N1CCC2CCCCC21)C(=O)O. The van der Waals surface area contributed by atoms with Crippen molar-refractivity contribution in [2.45, 2.75) is 57.9 Å². The minimum Gasteiger partial charge on any atom is -0.481 e. The number of nitrogens with zero attached hydrogens (tertiary/aromatic N) is 1. The van der Waals surface area contributed by atoms with Crippen LogP contribution in [0.15, 0.2) is 0 Å². The monoisotopic (exact) mass is 282 g/mol. The molecule has 20 heavy (non-hydrogen) atoms. The van der Waals surface area contributed by atoms with E-state index in [0.717, 1.165) is 25.8 Å². The van der Waals surface area contributed by atoms with Crippen LogP contribution in [-0.2, 0) is 4.79 Å². The molecule has 5 nitrogen and oxygen atoms in total. The van der Waals surface area contributed by atoms with E-state index in [4.69, 9.17) is 5.11 Å². The molecular weight excluding hydrogens is 256 g/mol. The van der Waals surface area contributed by atoms with E-state index in [0.29, 0.717) is 24.9 Å². The Labute approximate surface area is 120 Å². The van der Waals surface area contributed by atoms with Crippen LogP contribution in [0.3, 0.4) is 0 Å². The van der Waals surface area contributed by atoms with E-state index in [1.54, 1.807) is 6.92 Å². The number of fused-ring (bicyclic) bond motifs is 1. The number of carbonyl (C=O) groups excluding carboxylic acids is 1. The second kappa shape index (κ2) is 6.95. The van der Waals surface area contributed by atoms with E-state index in [-0.39, 0.29) is 11.9 Å². The molecule has 1 heterocycles. The fraction of sp³-hybridized carbons (Fsp3) is 0.867. The number of carbonyl (C=O) groups is 2. The Kier molecular flexibility index (Phi) is 5.26. The molecule has 2 aliphatic rings. The lowest BCUT2D eigenvalue weighted by atomic mass is 9.85. The number of rotatable bonds is 5. The third kappa shape index (κ3) is 3.64. The average Bonchev–Trinajstić information content (AvgIpc) is 2.87. The maximum absolute atomic E-state index is 12.2. The number of urea groups is 1. The summed E-state index contributed by atoms with van der Waals surface area (Å²) in [7, 11) is 0. The van der Waals surface area contributed by atoms with E-state index in [1.807, 2.05) is 4.90 Å². The Morgan fingerprint density at radius 2 is 2.05 bits per heavy atom. The van der Waals surface area contributed by atoms with Crippen molar-refractivity contribution in [1.82, 2.24) is 10.2 Å². The van der Waals surface area contributed by atoms with Gasteiger partial charge in [0.2, 0.25) is 0 Å². The molecule has 3 unspecified atom stereocenters. The van der Waals surface area contributed by atoms with Gasteiger partial charge in [0.25, 0.3) is 0 Å². The van der Waals surface area contributed by atoms with Crippen LogP contribution in [0.1, 0.15) is 51.9 Å². The predicted molar refractivity (Wildman–Crippen MR) is 76.5 cm³/mol.